The van der Waals surface area contributed by atoms with Gasteiger partial charge in [-0.1, -0.05) is 0 Å². The van der Waals surface area contributed by atoms with Crippen LogP contribution in [0, 0.1) is 5.41 Å². The van der Waals surface area contributed by atoms with Gasteiger partial charge in [-0.15, -0.1) is 11.6 Å². The van der Waals surface area contributed by atoms with Gasteiger partial charge in [-0.2, -0.15) is 0 Å². The molecule has 0 aliphatic rings. The monoisotopic (exact) mass is 335 g/mol. The van der Waals surface area contributed by atoms with Crippen molar-refractivity contribution in [2.75, 3.05) is 25.5 Å². The maximum atomic E-state index is 11.7. The second kappa shape index (κ2) is 8.82. The first-order valence-electron chi connectivity index (χ1n) is 7.06. The van der Waals surface area contributed by atoms with Crippen LogP contribution in [0.4, 0.5) is 4.79 Å². The van der Waals surface area contributed by atoms with E-state index in [1.165, 1.54) is 0 Å². The molecule has 128 valence electrons. The van der Waals surface area contributed by atoms with Gasteiger partial charge >= 0.3 is 6.09 Å². The second-order valence-electron chi connectivity index (χ2n) is 6.48. The smallest absolute Gasteiger partial charge is 0.408 e. The second-order valence-corrected chi connectivity index (χ2v) is 6.75. The molecular weight excluding hydrogens is 310 g/mol. The zero-order chi connectivity index (χ0) is 17.4. The molecule has 3 amide bonds. The highest BCUT2D eigenvalue weighted by molar-refractivity contribution is 6.19. The molecule has 0 aromatic rings. The summed E-state index contributed by atoms with van der Waals surface area (Å²) in [6.45, 7) is 9.04. The third-order valence-electron chi connectivity index (χ3n) is 2.47. The lowest BCUT2D eigenvalue weighted by molar-refractivity contribution is -0.128. The van der Waals surface area contributed by atoms with E-state index in [1.54, 1.807) is 34.6 Å². The number of carbonyl (C=O) groups excluding carboxylic acids is 3. The van der Waals surface area contributed by atoms with Crippen molar-refractivity contribution in [3.63, 3.8) is 0 Å². The van der Waals surface area contributed by atoms with Gasteiger partial charge in [0.2, 0.25) is 11.8 Å². The minimum Gasteiger partial charge on any atom is -0.444 e. The fraction of sp³-hybridized carbons (Fsp3) is 0.786. The van der Waals surface area contributed by atoms with Crippen LogP contribution in [0.5, 0.6) is 0 Å². The number of carbonyl (C=O) groups is 3. The van der Waals surface area contributed by atoms with Gasteiger partial charge in [0.25, 0.3) is 0 Å². The predicted octanol–water partition coefficient (Wildman–Crippen LogP) is 1.01. The maximum absolute atomic E-state index is 11.7. The van der Waals surface area contributed by atoms with Crippen LogP contribution in [0.2, 0.25) is 0 Å². The van der Waals surface area contributed by atoms with Crippen molar-refractivity contribution in [2.24, 2.45) is 5.41 Å². The van der Waals surface area contributed by atoms with E-state index < -0.39 is 17.1 Å². The molecular formula is C14H26ClN3O4. The minimum atomic E-state index is -0.653. The summed E-state index contributed by atoms with van der Waals surface area (Å²) in [7, 11) is 0. The number of nitrogens with one attached hydrogen (secondary N) is 3. The topological polar surface area (TPSA) is 96.5 Å². The first kappa shape index (κ1) is 20.5. The lowest BCUT2D eigenvalue weighted by atomic mass is 9.95. The summed E-state index contributed by atoms with van der Waals surface area (Å²) in [6, 6.07) is 0. The van der Waals surface area contributed by atoms with Crippen LogP contribution >= 0.6 is 11.6 Å². The molecule has 0 rings (SSSR count). The van der Waals surface area contributed by atoms with Crippen LogP contribution in [0.3, 0.4) is 0 Å². The summed E-state index contributed by atoms with van der Waals surface area (Å²) in [6.07, 6.45) is -0.653. The van der Waals surface area contributed by atoms with Gasteiger partial charge in [0.1, 0.15) is 5.60 Å². The van der Waals surface area contributed by atoms with E-state index in [4.69, 9.17) is 16.3 Å². The van der Waals surface area contributed by atoms with E-state index in [-0.39, 0.29) is 37.3 Å². The predicted molar refractivity (Wildman–Crippen MR) is 84.8 cm³/mol. The van der Waals surface area contributed by atoms with Crippen LogP contribution in [-0.2, 0) is 14.3 Å². The number of halogens is 1. The van der Waals surface area contributed by atoms with Crippen LogP contribution in [0.1, 0.15) is 34.6 Å². The Morgan fingerprint density at radius 2 is 1.50 bits per heavy atom. The average Bonchev–Trinajstić information content (AvgIpc) is 2.39. The molecule has 0 aromatic heterocycles. The quantitative estimate of drug-likeness (QED) is 0.478. The molecule has 22 heavy (non-hydrogen) atoms. The Kier molecular flexibility index (Phi) is 8.22. The fourth-order valence-corrected chi connectivity index (χ4v) is 1.33. The molecule has 0 bridgehead atoms. The van der Waals surface area contributed by atoms with Crippen molar-refractivity contribution in [3.8, 4) is 0 Å². The summed E-state index contributed by atoms with van der Waals surface area (Å²) in [5, 5.41) is 7.59. The molecule has 0 aliphatic carbocycles. The number of alkyl carbamates (subject to hydrolysis) is 1. The lowest BCUT2D eigenvalue weighted by Gasteiger charge is -2.20. The van der Waals surface area contributed by atoms with Crippen LogP contribution in [0.25, 0.3) is 0 Å². The fourth-order valence-electron chi connectivity index (χ4n) is 1.21. The SMILES string of the molecule is CC(C)(C)OC(=O)NCC(=O)NCCNC(=O)C(C)(C)CCl. The Morgan fingerprint density at radius 1 is 0.955 bits per heavy atom. The number of rotatable bonds is 7. The van der Waals surface area contributed by atoms with E-state index in [2.05, 4.69) is 16.0 Å². The summed E-state index contributed by atoms with van der Waals surface area (Å²) >= 11 is 5.69. The largest absolute Gasteiger partial charge is 0.444 e. The summed E-state index contributed by atoms with van der Waals surface area (Å²) < 4.78 is 5.00. The standard InChI is InChI=1S/C14H26ClN3O4/c1-13(2,3)22-12(21)18-8-10(19)16-6-7-17-11(20)14(4,5)9-15/h6-9H2,1-5H3,(H,16,19)(H,17,20)(H,18,21). The number of ether oxygens (including phenoxy) is 1. The Morgan fingerprint density at radius 3 is 2.00 bits per heavy atom. The molecule has 0 fully saturated rings. The Labute approximate surface area is 136 Å². The van der Waals surface area contributed by atoms with E-state index in [0.717, 1.165) is 0 Å². The van der Waals surface area contributed by atoms with Crippen molar-refractivity contribution >= 4 is 29.5 Å². The molecule has 8 heteroatoms. The van der Waals surface area contributed by atoms with Crippen molar-refractivity contribution in [1.82, 2.24) is 16.0 Å². The minimum absolute atomic E-state index is 0.177. The van der Waals surface area contributed by atoms with E-state index in [1.807, 2.05) is 0 Å². The summed E-state index contributed by atoms with van der Waals surface area (Å²) in [5.74, 6) is -0.328. The van der Waals surface area contributed by atoms with Crippen LogP contribution < -0.4 is 16.0 Å². The summed E-state index contributed by atoms with van der Waals surface area (Å²) in [4.78, 5) is 34.5. The molecule has 0 saturated carbocycles. The zero-order valence-corrected chi connectivity index (χ0v) is 14.6. The molecule has 0 aliphatic heterocycles. The van der Waals surface area contributed by atoms with Crippen molar-refractivity contribution in [2.45, 2.75) is 40.2 Å². The molecule has 0 spiro atoms. The van der Waals surface area contributed by atoms with Gasteiger partial charge in [0.05, 0.1) is 12.0 Å². The third kappa shape index (κ3) is 9.44. The lowest BCUT2D eigenvalue weighted by Crippen LogP contribution is -2.44. The van der Waals surface area contributed by atoms with Gasteiger partial charge < -0.3 is 20.7 Å². The molecule has 3 N–H and O–H groups in total. The first-order valence-corrected chi connectivity index (χ1v) is 7.59. The molecule has 0 unspecified atom stereocenters. The first-order chi connectivity index (χ1) is 9.98. The molecule has 0 saturated heterocycles. The van der Waals surface area contributed by atoms with Crippen molar-refractivity contribution in [3.05, 3.63) is 0 Å². The van der Waals surface area contributed by atoms with Crippen molar-refractivity contribution < 1.29 is 19.1 Å². The van der Waals surface area contributed by atoms with Gasteiger partial charge in [-0.25, -0.2) is 4.79 Å². The zero-order valence-electron chi connectivity index (χ0n) is 13.8. The molecule has 7 nitrogen and oxygen atoms in total. The highest BCUT2D eigenvalue weighted by Gasteiger charge is 2.25. The van der Waals surface area contributed by atoms with Crippen LogP contribution in [-0.4, -0.2) is 49.0 Å². The highest BCUT2D eigenvalue weighted by atomic mass is 35.5. The van der Waals surface area contributed by atoms with Crippen molar-refractivity contribution in [1.29, 1.82) is 0 Å². The Balaban J connectivity index is 3.84. The molecule has 0 heterocycles. The maximum Gasteiger partial charge on any atom is 0.408 e. The number of hydrogen-bond acceptors (Lipinski definition) is 4. The molecule has 0 radical (unpaired) electrons. The number of hydrogen-bond donors (Lipinski definition) is 3. The van der Waals surface area contributed by atoms with E-state index in [9.17, 15) is 14.4 Å². The third-order valence-corrected chi connectivity index (χ3v) is 3.14. The summed E-state index contributed by atoms with van der Waals surface area (Å²) in [5.41, 5.74) is -1.26. The van der Waals surface area contributed by atoms with Crippen LogP contribution in [0.15, 0.2) is 0 Å². The Hall–Kier alpha value is -1.50. The number of amides is 3. The van der Waals surface area contributed by atoms with Gasteiger partial charge in [-0.05, 0) is 34.6 Å². The molecule has 0 aromatic carbocycles. The normalized spacial score (nSPS) is 11.5. The average molecular weight is 336 g/mol. The Bertz CT molecular complexity index is 405. The van der Waals surface area contributed by atoms with E-state index in [0.29, 0.717) is 0 Å². The van der Waals surface area contributed by atoms with Gasteiger partial charge in [0.15, 0.2) is 0 Å². The number of alkyl halides is 1. The highest BCUT2D eigenvalue weighted by Crippen LogP contribution is 2.16. The van der Waals surface area contributed by atoms with Gasteiger partial charge in [-0.3, -0.25) is 9.59 Å². The van der Waals surface area contributed by atoms with E-state index >= 15 is 0 Å². The molecule has 0 atom stereocenters. The van der Waals surface area contributed by atoms with Gasteiger partial charge in [0, 0.05) is 19.0 Å².